The minimum atomic E-state index is -3.68. The van der Waals surface area contributed by atoms with E-state index in [1.165, 1.54) is 12.1 Å². The molecule has 8 heteroatoms. The number of piperazine rings is 1. The first kappa shape index (κ1) is 16.7. The maximum atomic E-state index is 12.1. The number of hydrogen-bond acceptors (Lipinski definition) is 4. The number of benzene rings is 1. The van der Waals surface area contributed by atoms with Gasteiger partial charge in [-0.2, -0.15) is 0 Å². The van der Waals surface area contributed by atoms with Crippen LogP contribution in [0.1, 0.15) is 12.5 Å². The summed E-state index contributed by atoms with van der Waals surface area (Å²) in [5.41, 5.74) is 0.827. The molecule has 1 saturated heterocycles. The number of carbonyl (C=O) groups is 1. The van der Waals surface area contributed by atoms with Crippen molar-refractivity contribution in [1.82, 2.24) is 15.1 Å². The molecule has 1 aromatic rings. The first-order valence-electron chi connectivity index (χ1n) is 7.27. The predicted octanol–water partition coefficient (Wildman–Crippen LogP) is 0.181. The van der Waals surface area contributed by atoms with E-state index in [0.717, 1.165) is 38.3 Å². The van der Waals surface area contributed by atoms with Crippen molar-refractivity contribution in [2.75, 3.05) is 32.7 Å². The molecule has 0 saturated carbocycles. The fraction of sp³-hybridized carbons (Fsp3) is 0.500. The number of nitrogens with zero attached hydrogens (tertiary/aromatic N) is 2. The molecule has 122 valence electrons. The number of primary sulfonamides is 1. The second-order valence-electron chi connectivity index (χ2n) is 5.27. The lowest BCUT2D eigenvalue weighted by atomic mass is 10.2. The Morgan fingerprint density at radius 2 is 1.77 bits per heavy atom. The molecule has 1 aromatic carbocycles. The predicted molar refractivity (Wildman–Crippen MR) is 83.7 cm³/mol. The summed E-state index contributed by atoms with van der Waals surface area (Å²) < 4.78 is 22.3. The van der Waals surface area contributed by atoms with E-state index in [-0.39, 0.29) is 10.9 Å². The van der Waals surface area contributed by atoms with Gasteiger partial charge in [-0.3, -0.25) is 0 Å². The summed E-state index contributed by atoms with van der Waals surface area (Å²) in [6.45, 7) is 6.72. The zero-order chi connectivity index (χ0) is 16.2. The highest BCUT2D eigenvalue weighted by atomic mass is 32.2. The quantitative estimate of drug-likeness (QED) is 0.825. The van der Waals surface area contributed by atoms with Crippen LogP contribution in [-0.2, 0) is 16.6 Å². The van der Waals surface area contributed by atoms with Gasteiger partial charge in [0, 0.05) is 32.7 Å². The molecule has 2 rings (SSSR count). The van der Waals surface area contributed by atoms with Crippen molar-refractivity contribution < 1.29 is 13.2 Å². The first-order valence-corrected chi connectivity index (χ1v) is 8.81. The third kappa shape index (κ3) is 4.43. The van der Waals surface area contributed by atoms with Gasteiger partial charge in [-0.1, -0.05) is 19.1 Å². The standard InChI is InChI=1S/C14H22N4O3S/c1-2-17-7-9-18(10-8-17)14(19)16-11-12-3-5-13(6-4-12)22(15,20)21/h3-6H,2,7-11H2,1H3,(H,16,19)(H2,15,20,21). The highest BCUT2D eigenvalue weighted by Gasteiger charge is 2.19. The Morgan fingerprint density at radius 1 is 1.18 bits per heavy atom. The fourth-order valence-electron chi connectivity index (χ4n) is 2.35. The minimum absolute atomic E-state index is 0.0678. The van der Waals surface area contributed by atoms with Crippen LogP contribution in [0.2, 0.25) is 0 Å². The number of amides is 2. The Bertz CT molecular complexity index is 607. The highest BCUT2D eigenvalue weighted by Crippen LogP contribution is 2.09. The van der Waals surface area contributed by atoms with E-state index in [9.17, 15) is 13.2 Å². The number of sulfonamides is 1. The van der Waals surface area contributed by atoms with E-state index in [0.29, 0.717) is 6.54 Å². The largest absolute Gasteiger partial charge is 0.334 e. The van der Waals surface area contributed by atoms with E-state index in [2.05, 4.69) is 17.1 Å². The molecule has 22 heavy (non-hydrogen) atoms. The van der Waals surface area contributed by atoms with E-state index >= 15 is 0 Å². The van der Waals surface area contributed by atoms with Gasteiger partial charge < -0.3 is 15.1 Å². The lowest BCUT2D eigenvalue weighted by Gasteiger charge is -2.34. The molecular weight excluding hydrogens is 304 g/mol. The Labute approximate surface area is 131 Å². The molecule has 1 aliphatic heterocycles. The molecular formula is C14H22N4O3S. The number of nitrogens with two attached hydrogens (primary N) is 1. The van der Waals surface area contributed by atoms with Crippen LogP contribution in [0.4, 0.5) is 4.79 Å². The van der Waals surface area contributed by atoms with Crippen molar-refractivity contribution in [2.45, 2.75) is 18.4 Å². The summed E-state index contributed by atoms with van der Waals surface area (Å²) in [6.07, 6.45) is 0. The molecule has 2 amide bonds. The maximum absolute atomic E-state index is 12.1. The molecule has 0 bridgehead atoms. The monoisotopic (exact) mass is 326 g/mol. The number of likely N-dealkylation sites (N-methyl/N-ethyl adjacent to an activating group) is 1. The van der Waals surface area contributed by atoms with Gasteiger partial charge in [-0.05, 0) is 24.2 Å². The van der Waals surface area contributed by atoms with Crippen LogP contribution in [0.3, 0.4) is 0 Å². The molecule has 0 aliphatic carbocycles. The summed E-state index contributed by atoms with van der Waals surface area (Å²) in [5.74, 6) is 0. The summed E-state index contributed by atoms with van der Waals surface area (Å²) in [7, 11) is -3.68. The van der Waals surface area contributed by atoms with Crippen LogP contribution < -0.4 is 10.5 Å². The van der Waals surface area contributed by atoms with Crippen molar-refractivity contribution in [2.24, 2.45) is 5.14 Å². The van der Waals surface area contributed by atoms with E-state index in [1.807, 2.05) is 0 Å². The molecule has 0 radical (unpaired) electrons. The molecule has 0 unspecified atom stereocenters. The lowest BCUT2D eigenvalue weighted by molar-refractivity contribution is 0.142. The Kier molecular flexibility index (Phi) is 5.38. The van der Waals surface area contributed by atoms with Crippen molar-refractivity contribution in [3.05, 3.63) is 29.8 Å². The van der Waals surface area contributed by atoms with Crippen LogP contribution >= 0.6 is 0 Å². The van der Waals surface area contributed by atoms with Gasteiger partial charge >= 0.3 is 6.03 Å². The lowest BCUT2D eigenvalue weighted by Crippen LogP contribution is -2.51. The molecule has 0 spiro atoms. The van der Waals surface area contributed by atoms with Crippen LogP contribution in [0.15, 0.2) is 29.2 Å². The fourth-order valence-corrected chi connectivity index (χ4v) is 2.87. The highest BCUT2D eigenvalue weighted by molar-refractivity contribution is 7.89. The second-order valence-corrected chi connectivity index (χ2v) is 6.83. The summed E-state index contributed by atoms with van der Waals surface area (Å²) >= 11 is 0. The van der Waals surface area contributed by atoms with Gasteiger partial charge in [0.2, 0.25) is 10.0 Å². The zero-order valence-electron chi connectivity index (χ0n) is 12.7. The van der Waals surface area contributed by atoms with Crippen LogP contribution in [0.5, 0.6) is 0 Å². The molecule has 1 aliphatic rings. The molecule has 7 nitrogen and oxygen atoms in total. The van der Waals surface area contributed by atoms with Crippen LogP contribution in [0, 0.1) is 0 Å². The average molecular weight is 326 g/mol. The van der Waals surface area contributed by atoms with Crippen molar-refractivity contribution in [1.29, 1.82) is 0 Å². The summed E-state index contributed by atoms with van der Waals surface area (Å²) in [6, 6.07) is 6.09. The molecule has 1 fully saturated rings. The topological polar surface area (TPSA) is 95.7 Å². The second kappa shape index (κ2) is 7.08. The van der Waals surface area contributed by atoms with Crippen molar-refractivity contribution >= 4 is 16.1 Å². The van der Waals surface area contributed by atoms with Crippen LogP contribution in [-0.4, -0.2) is 57.0 Å². The van der Waals surface area contributed by atoms with Crippen molar-refractivity contribution in [3.63, 3.8) is 0 Å². The molecule has 0 aromatic heterocycles. The van der Waals surface area contributed by atoms with Crippen LogP contribution in [0.25, 0.3) is 0 Å². The molecule has 3 N–H and O–H groups in total. The van der Waals surface area contributed by atoms with E-state index < -0.39 is 10.0 Å². The Morgan fingerprint density at radius 3 is 2.27 bits per heavy atom. The third-order valence-electron chi connectivity index (χ3n) is 3.80. The van der Waals surface area contributed by atoms with Crippen molar-refractivity contribution in [3.8, 4) is 0 Å². The summed E-state index contributed by atoms with van der Waals surface area (Å²) in [5, 5.41) is 7.89. The minimum Gasteiger partial charge on any atom is -0.334 e. The van der Waals surface area contributed by atoms with E-state index in [4.69, 9.17) is 5.14 Å². The number of carbonyl (C=O) groups excluding carboxylic acids is 1. The normalized spacial score (nSPS) is 16.5. The SMILES string of the molecule is CCN1CCN(C(=O)NCc2ccc(S(N)(=O)=O)cc2)CC1. The van der Waals surface area contributed by atoms with Gasteiger partial charge in [-0.15, -0.1) is 0 Å². The van der Waals surface area contributed by atoms with Gasteiger partial charge in [0.1, 0.15) is 0 Å². The third-order valence-corrected chi connectivity index (χ3v) is 4.73. The van der Waals surface area contributed by atoms with Gasteiger partial charge in [0.25, 0.3) is 0 Å². The first-order chi connectivity index (χ1) is 10.4. The van der Waals surface area contributed by atoms with E-state index in [1.54, 1.807) is 17.0 Å². The van der Waals surface area contributed by atoms with Gasteiger partial charge in [0.15, 0.2) is 0 Å². The summed E-state index contributed by atoms with van der Waals surface area (Å²) in [4.78, 5) is 16.2. The molecule has 1 heterocycles. The van der Waals surface area contributed by atoms with Gasteiger partial charge in [0.05, 0.1) is 4.90 Å². The smallest absolute Gasteiger partial charge is 0.317 e. The zero-order valence-corrected chi connectivity index (χ0v) is 13.5. The van der Waals surface area contributed by atoms with Gasteiger partial charge in [-0.25, -0.2) is 18.4 Å². The number of urea groups is 1. The number of rotatable bonds is 4. The number of hydrogen-bond donors (Lipinski definition) is 2. The number of nitrogens with one attached hydrogen (secondary N) is 1. The average Bonchev–Trinajstić information content (AvgIpc) is 2.52. The Hall–Kier alpha value is -1.64. The Balaban J connectivity index is 1.84. The molecule has 0 atom stereocenters. The maximum Gasteiger partial charge on any atom is 0.317 e.